The van der Waals surface area contributed by atoms with E-state index in [0.29, 0.717) is 31.9 Å². The monoisotopic (exact) mass is 512 g/mol. The zero-order valence-corrected chi connectivity index (χ0v) is 23.2. The van der Waals surface area contributed by atoms with Crippen molar-refractivity contribution in [3.63, 3.8) is 0 Å². The number of halogens is 1. The van der Waals surface area contributed by atoms with Gasteiger partial charge in [-0.25, -0.2) is 9.37 Å². The van der Waals surface area contributed by atoms with Crippen LogP contribution in [0.2, 0.25) is 0 Å². The molecule has 0 aliphatic heterocycles. The zero-order valence-electron chi connectivity index (χ0n) is 16.9. The predicted octanol–water partition coefficient (Wildman–Crippen LogP) is 1.50. The van der Waals surface area contributed by atoms with Gasteiger partial charge in [-0.15, -0.1) is 0 Å². The van der Waals surface area contributed by atoms with E-state index in [-0.39, 0.29) is 88.0 Å². The van der Waals surface area contributed by atoms with Gasteiger partial charge in [-0.05, 0) is 41.3 Å². The fourth-order valence-corrected chi connectivity index (χ4v) is 2.61. The predicted molar refractivity (Wildman–Crippen MR) is 108 cm³/mol. The second kappa shape index (κ2) is 14.0. The number of ether oxygens (including phenoxy) is 1. The third kappa shape index (κ3) is 9.46. The molecular weight excluding hydrogens is 488 g/mol. The van der Waals surface area contributed by atoms with Crippen LogP contribution in [0, 0.1) is 13.2 Å². The molecule has 1 N–H and O–H groups in total. The van der Waals surface area contributed by atoms with Crippen molar-refractivity contribution in [1.82, 2.24) is 10.3 Å². The van der Waals surface area contributed by atoms with Gasteiger partial charge >= 0.3 is 68.9 Å². The Morgan fingerprint density at radius 2 is 1.72 bits per heavy atom. The average molecular weight is 512 g/mol. The van der Waals surface area contributed by atoms with Gasteiger partial charge < -0.3 is 17.5 Å². The number of nitrogens with one attached hydrogen (secondary N) is 1. The van der Waals surface area contributed by atoms with Crippen molar-refractivity contribution < 1.29 is 82.8 Å². The molecule has 146 valence electrons. The summed E-state index contributed by atoms with van der Waals surface area (Å²) in [6, 6.07) is 19.8. The third-order valence-electron chi connectivity index (χ3n) is 4.05. The van der Waals surface area contributed by atoms with E-state index < -0.39 is 0 Å². The molecule has 0 aliphatic rings. The number of aryl methyl sites for hydroxylation is 1. The molecular formula is C23H24CsFN2O2. The molecule has 0 saturated heterocycles. The van der Waals surface area contributed by atoms with Crippen LogP contribution >= 0.6 is 0 Å². The number of hydrogen-bond donors (Lipinski definition) is 1. The molecule has 0 atom stereocenters. The molecule has 1 amide bonds. The number of hydrogen-bond acceptors (Lipinski definition) is 3. The Labute approximate surface area is 230 Å². The number of benzene rings is 2. The summed E-state index contributed by atoms with van der Waals surface area (Å²) in [5, 5.41) is 2.87. The molecule has 2 aromatic carbocycles. The fraction of sp³-hybridized carbons (Fsp3) is 0.174. The van der Waals surface area contributed by atoms with E-state index in [2.05, 4.69) is 10.3 Å². The minimum Gasteiger partial charge on any atom is -0.473 e. The molecule has 0 aliphatic carbocycles. The Hall–Kier alpha value is -1.16. The van der Waals surface area contributed by atoms with Gasteiger partial charge in [0.1, 0.15) is 12.4 Å². The zero-order chi connectivity index (χ0) is 18.9. The normalized spacial score (nSPS) is 9.69. The Balaban J connectivity index is 0.00000210. The molecule has 6 heteroatoms. The van der Waals surface area contributed by atoms with Crippen LogP contribution in [0.5, 0.6) is 5.88 Å². The first-order valence-electron chi connectivity index (χ1n) is 8.82. The summed E-state index contributed by atoms with van der Waals surface area (Å²) in [6.45, 7) is 0.837. The van der Waals surface area contributed by atoms with Crippen LogP contribution in [-0.4, -0.2) is 10.9 Å². The average Bonchev–Trinajstić information content (AvgIpc) is 2.70. The van der Waals surface area contributed by atoms with Crippen molar-refractivity contribution in [2.45, 2.75) is 26.0 Å². The molecule has 0 bridgehead atoms. The standard InChI is InChI=1S/C22H21FN2O2.CH3.Cs/c23-20-8-4-7-17(13-20)9-10-21(26)25-15-19-11-12-24-22(14-19)27-16-18-5-2-1-3-6-18;;/h1-8,11-14H,9-10,15-16H2,(H,25,26);1H3;/q;-1;+1. The van der Waals surface area contributed by atoms with Crippen molar-refractivity contribution in [2.75, 3.05) is 0 Å². The molecule has 0 unspecified atom stereocenters. The number of amides is 1. The summed E-state index contributed by atoms with van der Waals surface area (Å²) < 4.78 is 18.8. The first-order chi connectivity index (χ1) is 13.2. The van der Waals surface area contributed by atoms with E-state index in [4.69, 9.17) is 4.74 Å². The van der Waals surface area contributed by atoms with Crippen LogP contribution in [0.25, 0.3) is 0 Å². The summed E-state index contributed by atoms with van der Waals surface area (Å²) in [6.07, 6.45) is 2.48. The van der Waals surface area contributed by atoms with Crippen LogP contribution in [-0.2, 0) is 24.4 Å². The molecule has 0 saturated carbocycles. The van der Waals surface area contributed by atoms with Crippen molar-refractivity contribution >= 4 is 5.91 Å². The summed E-state index contributed by atoms with van der Waals surface area (Å²) >= 11 is 0. The van der Waals surface area contributed by atoms with Gasteiger partial charge in [-0.2, -0.15) is 0 Å². The molecule has 0 fully saturated rings. The molecule has 4 nitrogen and oxygen atoms in total. The van der Waals surface area contributed by atoms with Gasteiger partial charge in [0.15, 0.2) is 0 Å². The molecule has 0 radical (unpaired) electrons. The first kappa shape index (κ1) is 25.9. The van der Waals surface area contributed by atoms with Crippen molar-refractivity contribution in [2.24, 2.45) is 0 Å². The maximum Gasteiger partial charge on any atom is 1.00 e. The number of aromatic nitrogens is 1. The molecule has 29 heavy (non-hydrogen) atoms. The van der Waals surface area contributed by atoms with E-state index in [1.165, 1.54) is 12.1 Å². The van der Waals surface area contributed by atoms with E-state index in [1.54, 1.807) is 12.3 Å². The number of rotatable bonds is 8. The van der Waals surface area contributed by atoms with Crippen molar-refractivity contribution in [3.05, 3.63) is 103 Å². The maximum atomic E-state index is 13.2. The van der Waals surface area contributed by atoms with Crippen molar-refractivity contribution in [1.29, 1.82) is 0 Å². The first-order valence-corrected chi connectivity index (χ1v) is 8.82. The molecule has 3 rings (SSSR count). The molecule has 0 spiro atoms. The molecule has 3 aromatic rings. The van der Waals surface area contributed by atoms with Crippen LogP contribution in [0.15, 0.2) is 72.9 Å². The quantitative estimate of drug-likeness (QED) is 0.466. The third-order valence-corrected chi connectivity index (χ3v) is 4.05. The van der Waals surface area contributed by atoms with Gasteiger partial charge in [-0.1, -0.05) is 42.5 Å². The minimum absolute atomic E-state index is 0. The Bertz CT molecular complexity index is 891. The van der Waals surface area contributed by atoms with Gasteiger partial charge in [-0.3, -0.25) is 4.79 Å². The maximum absolute atomic E-state index is 13.2. The smallest absolute Gasteiger partial charge is 0.473 e. The van der Waals surface area contributed by atoms with Gasteiger partial charge in [0, 0.05) is 25.2 Å². The van der Waals surface area contributed by atoms with Crippen LogP contribution < -0.4 is 78.9 Å². The Morgan fingerprint density at radius 1 is 0.966 bits per heavy atom. The van der Waals surface area contributed by atoms with Gasteiger partial charge in [0.25, 0.3) is 0 Å². The largest absolute Gasteiger partial charge is 1.00 e. The number of pyridine rings is 1. The topological polar surface area (TPSA) is 51.2 Å². The van der Waals surface area contributed by atoms with Gasteiger partial charge in [0.2, 0.25) is 11.8 Å². The minimum atomic E-state index is -0.285. The number of nitrogens with zero attached hydrogens (tertiary/aromatic N) is 1. The number of carbonyl (C=O) groups excluding carboxylic acids is 1. The van der Waals surface area contributed by atoms with Gasteiger partial charge in [0.05, 0.1) is 0 Å². The van der Waals surface area contributed by atoms with E-state index in [0.717, 1.165) is 16.7 Å². The second-order valence-corrected chi connectivity index (χ2v) is 6.18. The molecule has 1 aromatic heterocycles. The van der Waals surface area contributed by atoms with Crippen LogP contribution in [0.1, 0.15) is 23.1 Å². The van der Waals surface area contributed by atoms with Crippen LogP contribution in [0.3, 0.4) is 0 Å². The molecule has 1 heterocycles. The summed E-state index contributed by atoms with van der Waals surface area (Å²) in [5.74, 6) is 0.154. The van der Waals surface area contributed by atoms with E-state index in [1.807, 2.05) is 48.5 Å². The fourth-order valence-electron chi connectivity index (χ4n) is 2.61. The van der Waals surface area contributed by atoms with Crippen LogP contribution in [0.4, 0.5) is 4.39 Å². The Kier molecular flexibility index (Phi) is 12.5. The summed E-state index contributed by atoms with van der Waals surface area (Å²) in [5.41, 5.74) is 2.79. The SMILES string of the molecule is O=C(CCc1cccc(F)c1)NCc1ccnc(OCc2ccccc2)c1.[CH3-].[Cs+]. The second-order valence-electron chi connectivity index (χ2n) is 6.18. The Morgan fingerprint density at radius 3 is 2.48 bits per heavy atom. The van der Waals surface area contributed by atoms with E-state index in [9.17, 15) is 9.18 Å². The summed E-state index contributed by atoms with van der Waals surface area (Å²) in [4.78, 5) is 16.2. The summed E-state index contributed by atoms with van der Waals surface area (Å²) in [7, 11) is 0. The van der Waals surface area contributed by atoms with Crippen molar-refractivity contribution in [3.8, 4) is 5.88 Å². The van der Waals surface area contributed by atoms with E-state index >= 15 is 0 Å². The number of carbonyl (C=O) groups is 1.